The number of nitro groups is 1. The molecule has 0 atom stereocenters. The van der Waals surface area contributed by atoms with E-state index in [1.54, 1.807) is 12.1 Å². The van der Waals surface area contributed by atoms with Crippen molar-refractivity contribution >= 4 is 17.3 Å². The van der Waals surface area contributed by atoms with Gasteiger partial charge in [0.2, 0.25) is 5.91 Å². The predicted molar refractivity (Wildman–Crippen MR) is 100 cm³/mol. The first-order chi connectivity index (χ1) is 13.9. The fraction of sp³-hybridized carbons (Fsp3) is 0.350. The Morgan fingerprint density at radius 2 is 1.90 bits per heavy atom. The van der Waals surface area contributed by atoms with E-state index in [4.69, 9.17) is 9.47 Å². The number of halogens is 2. The van der Waals surface area contributed by atoms with Gasteiger partial charge in [0.25, 0.3) is 12.1 Å². The maximum atomic E-state index is 13.5. The molecule has 152 valence electrons. The molecular weight excluding hydrogens is 386 g/mol. The molecule has 4 rings (SSSR count). The number of carbonyl (C=O) groups is 1. The second-order valence-electron chi connectivity index (χ2n) is 7.16. The minimum Gasteiger partial charge on any atom is -0.484 e. The molecule has 29 heavy (non-hydrogen) atoms. The third-order valence-electron chi connectivity index (χ3n) is 5.26. The molecule has 1 spiro atoms. The van der Waals surface area contributed by atoms with Crippen molar-refractivity contribution < 1.29 is 28.0 Å². The van der Waals surface area contributed by atoms with Crippen LogP contribution in [-0.4, -0.2) is 29.6 Å². The van der Waals surface area contributed by atoms with Gasteiger partial charge in [0.1, 0.15) is 11.4 Å². The van der Waals surface area contributed by atoms with Crippen LogP contribution in [0.4, 0.5) is 20.2 Å². The number of anilines is 1. The summed E-state index contributed by atoms with van der Waals surface area (Å²) >= 11 is 0. The lowest BCUT2D eigenvalue weighted by molar-refractivity contribution is -0.384. The number of amides is 1. The lowest BCUT2D eigenvalue weighted by Gasteiger charge is -2.35. The number of nitrogens with zero attached hydrogens (tertiary/aromatic N) is 1. The smallest absolute Gasteiger partial charge is 0.270 e. The SMILES string of the molecule is O=C1CC2(CCOCC2)Oc2cc(-c3cc([N+](=O)[O-])ccc3C(F)F)ccc2N1. The Balaban J connectivity index is 1.80. The number of rotatable bonds is 3. The summed E-state index contributed by atoms with van der Waals surface area (Å²) < 4.78 is 38.6. The Morgan fingerprint density at radius 1 is 1.14 bits per heavy atom. The van der Waals surface area contributed by atoms with Gasteiger partial charge in [-0.3, -0.25) is 14.9 Å². The summed E-state index contributed by atoms with van der Waals surface area (Å²) in [6.07, 6.45) is -1.57. The maximum Gasteiger partial charge on any atom is 0.270 e. The number of fused-ring (bicyclic) bond motifs is 1. The molecule has 9 heteroatoms. The summed E-state index contributed by atoms with van der Waals surface area (Å²) in [6.45, 7) is 0.922. The Kier molecular flexibility index (Phi) is 4.91. The normalized spacial score (nSPS) is 18.0. The zero-order valence-electron chi connectivity index (χ0n) is 15.3. The quantitative estimate of drug-likeness (QED) is 0.602. The van der Waals surface area contributed by atoms with Crippen LogP contribution in [-0.2, 0) is 9.53 Å². The van der Waals surface area contributed by atoms with E-state index in [2.05, 4.69) is 5.32 Å². The number of hydrogen-bond donors (Lipinski definition) is 1. The van der Waals surface area contributed by atoms with E-state index >= 15 is 0 Å². The van der Waals surface area contributed by atoms with Gasteiger partial charge in [0, 0.05) is 30.5 Å². The van der Waals surface area contributed by atoms with Crippen LogP contribution >= 0.6 is 0 Å². The number of ether oxygens (including phenoxy) is 2. The summed E-state index contributed by atoms with van der Waals surface area (Å²) in [5.41, 5.74) is -0.478. The van der Waals surface area contributed by atoms with E-state index in [1.165, 1.54) is 6.07 Å². The van der Waals surface area contributed by atoms with Gasteiger partial charge in [0.15, 0.2) is 0 Å². The van der Waals surface area contributed by atoms with Crippen LogP contribution in [0.2, 0.25) is 0 Å². The highest BCUT2D eigenvalue weighted by atomic mass is 19.3. The molecule has 2 heterocycles. The Bertz CT molecular complexity index is 973. The highest BCUT2D eigenvalue weighted by Gasteiger charge is 2.40. The predicted octanol–water partition coefficient (Wildman–Crippen LogP) is 4.47. The summed E-state index contributed by atoms with van der Waals surface area (Å²) in [5, 5.41) is 13.9. The van der Waals surface area contributed by atoms with Crippen LogP contribution in [0.15, 0.2) is 36.4 Å². The number of benzene rings is 2. The molecule has 1 N–H and O–H groups in total. The number of carbonyl (C=O) groups excluding carboxylic acids is 1. The monoisotopic (exact) mass is 404 g/mol. The second kappa shape index (κ2) is 7.40. The van der Waals surface area contributed by atoms with E-state index in [0.29, 0.717) is 43.1 Å². The van der Waals surface area contributed by atoms with E-state index in [-0.39, 0.29) is 29.1 Å². The van der Waals surface area contributed by atoms with Crippen molar-refractivity contribution in [1.82, 2.24) is 0 Å². The lowest BCUT2D eigenvalue weighted by Crippen LogP contribution is -2.43. The highest BCUT2D eigenvalue weighted by molar-refractivity contribution is 5.94. The number of alkyl halides is 2. The van der Waals surface area contributed by atoms with Crippen molar-refractivity contribution in [2.75, 3.05) is 18.5 Å². The van der Waals surface area contributed by atoms with Gasteiger partial charge < -0.3 is 14.8 Å². The van der Waals surface area contributed by atoms with Gasteiger partial charge in [0.05, 0.1) is 30.2 Å². The Labute approximate surface area is 164 Å². The first-order valence-corrected chi connectivity index (χ1v) is 9.14. The van der Waals surface area contributed by atoms with Gasteiger partial charge in [-0.25, -0.2) is 8.78 Å². The van der Waals surface area contributed by atoms with E-state index in [9.17, 15) is 23.7 Å². The Hall–Kier alpha value is -3.07. The molecule has 1 saturated heterocycles. The molecule has 2 aliphatic heterocycles. The van der Waals surface area contributed by atoms with Gasteiger partial charge in [-0.05, 0) is 29.3 Å². The first kappa shape index (κ1) is 19.3. The van der Waals surface area contributed by atoms with Crippen molar-refractivity contribution in [1.29, 1.82) is 0 Å². The van der Waals surface area contributed by atoms with Gasteiger partial charge in [-0.2, -0.15) is 0 Å². The molecule has 0 radical (unpaired) electrons. The molecule has 1 fully saturated rings. The lowest BCUT2D eigenvalue weighted by atomic mass is 9.90. The van der Waals surface area contributed by atoms with Crippen molar-refractivity contribution in [3.05, 3.63) is 52.1 Å². The van der Waals surface area contributed by atoms with Gasteiger partial charge in [-0.1, -0.05) is 6.07 Å². The standard InChI is InChI=1S/C20H18F2N2O5/c21-19(22)14-3-2-13(24(26)27)10-15(14)12-1-4-16-17(9-12)29-20(11-18(25)23-16)5-7-28-8-6-20/h1-4,9-10,19H,5-8,11H2,(H,23,25). The zero-order chi connectivity index (χ0) is 20.6. The molecule has 1 amide bonds. The maximum absolute atomic E-state index is 13.5. The average molecular weight is 404 g/mol. The van der Waals surface area contributed by atoms with Crippen LogP contribution < -0.4 is 10.1 Å². The Morgan fingerprint density at radius 3 is 2.59 bits per heavy atom. The van der Waals surface area contributed by atoms with Crippen molar-refractivity contribution in [2.24, 2.45) is 0 Å². The summed E-state index contributed by atoms with van der Waals surface area (Å²) in [7, 11) is 0. The van der Waals surface area contributed by atoms with Gasteiger partial charge >= 0.3 is 0 Å². The summed E-state index contributed by atoms with van der Waals surface area (Å²) in [4.78, 5) is 22.8. The molecule has 0 saturated carbocycles. The molecule has 7 nitrogen and oxygen atoms in total. The van der Waals surface area contributed by atoms with Crippen LogP contribution in [0.25, 0.3) is 11.1 Å². The number of hydrogen-bond acceptors (Lipinski definition) is 5. The topological polar surface area (TPSA) is 90.7 Å². The zero-order valence-corrected chi connectivity index (χ0v) is 15.3. The number of nitro benzene ring substituents is 1. The first-order valence-electron chi connectivity index (χ1n) is 9.14. The molecule has 0 aliphatic carbocycles. The van der Waals surface area contributed by atoms with Crippen molar-refractivity contribution in [3.8, 4) is 16.9 Å². The summed E-state index contributed by atoms with van der Waals surface area (Å²) in [5.74, 6) is 0.156. The highest BCUT2D eigenvalue weighted by Crippen LogP contribution is 2.42. The fourth-order valence-electron chi connectivity index (χ4n) is 3.75. The molecule has 2 aliphatic rings. The van der Waals surface area contributed by atoms with Crippen LogP contribution in [0.3, 0.4) is 0 Å². The van der Waals surface area contributed by atoms with E-state index < -0.39 is 16.9 Å². The van der Waals surface area contributed by atoms with E-state index in [1.807, 2.05) is 0 Å². The van der Waals surface area contributed by atoms with Gasteiger partial charge in [-0.15, -0.1) is 0 Å². The minimum atomic E-state index is -2.80. The number of nitrogens with one attached hydrogen (secondary N) is 1. The molecular formula is C20H18F2N2O5. The van der Waals surface area contributed by atoms with Crippen LogP contribution in [0.1, 0.15) is 31.3 Å². The molecule has 0 aromatic heterocycles. The molecule has 2 aromatic rings. The third kappa shape index (κ3) is 3.77. The fourth-order valence-corrected chi connectivity index (χ4v) is 3.75. The van der Waals surface area contributed by atoms with Crippen LogP contribution in [0, 0.1) is 10.1 Å². The number of non-ortho nitro benzene ring substituents is 1. The van der Waals surface area contributed by atoms with Crippen molar-refractivity contribution in [3.63, 3.8) is 0 Å². The minimum absolute atomic E-state index is 0.0530. The molecule has 0 bridgehead atoms. The largest absolute Gasteiger partial charge is 0.484 e. The van der Waals surface area contributed by atoms with Crippen molar-refractivity contribution in [2.45, 2.75) is 31.3 Å². The van der Waals surface area contributed by atoms with Crippen LogP contribution in [0.5, 0.6) is 5.75 Å². The average Bonchev–Trinajstić information content (AvgIpc) is 2.82. The molecule has 2 aromatic carbocycles. The third-order valence-corrected chi connectivity index (χ3v) is 5.26. The summed E-state index contributed by atoms with van der Waals surface area (Å²) in [6, 6.07) is 7.89. The van der Waals surface area contributed by atoms with E-state index in [0.717, 1.165) is 18.2 Å². The molecule has 0 unspecified atom stereocenters. The second-order valence-corrected chi connectivity index (χ2v) is 7.16.